The van der Waals surface area contributed by atoms with Crippen LogP contribution in [-0.4, -0.2) is 29.9 Å². The van der Waals surface area contributed by atoms with Gasteiger partial charge >= 0.3 is 0 Å². The second kappa shape index (κ2) is 8.35. The Morgan fingerprint density at radius 2 is 2.30 bits per heavy atom. The molecule has 0 bridgehead atoms. The standard InChI is InChI=1S/C20H24N4O2S/c1-13(2)7-8-22-24-17(12-27-20(24)21-10-14(3)4)15-5-6-18-16(9-15)23-19(25)11-26-18/h5-6,8-9,12-13H,3,7,10-11H2,1-2,4H3,(H,23,25). The fraction of sp³-hybridized carbons (Fsp3) is 0.350. The van der Waals surface area contributed by atoms with Crippen LogP contribution in [0.1, 0.15) is 27.2 Å². The first-order valence-electron chi connectivity index (χ1n) is 8.89. The molecule has 0 radical (unpaired) electrons. The monoisotopic (exact) mass is 384 g/mol. The van der Waals surface area contributed by atoms with E-state index >= 15 is 0 Å². The SMILES string of the molecule is C=C(C)CN=c1scc(-c2ccc3c(c2)NC(=O)CO3)n1N=CCC(C)C. The maximum atomic E-state index is 11.6. The number of amides is 1. The molecule has 2 heterocycles. The lowest BCUT2D eigenvalue weighted by Gasteiger charge is -2.18. The first-order chi connectivity index (χ1) is 12.9. The highest BCUT2D eigenvalue weighted by Crippen LogP contribution is 2.32. The molecule has 142 valence electrons. The third-order valence-corrected chi connectivity index (χ3v) is 4.71. The Labute approximate surface area is 162 Å². The molecular formula is C20H24N4O2S. The summed E-state index contributed by atoms with van der Waals surface area (Å²) in [7, 11) is 0. The lowest BCUT2D eigenvalue weighted by atomic mass is 10.1. The minimum absolute atomic E-state index is 0.0498. The largest absolute Gasteiger partial charge is 0.482 e. The van der Waals surface area contributed by atoms with Crippen molar-refractivity contribution in [2.75, 3.05) is 18.5 Å². The van der Waals surface area contributed by atoms with Crippen molar-refractivity contribution in [1.29, 1.82) is 0 Å². The summed E-state index contributed by atoms with van der Waals surface area (Å²) in [6.45, 7) is 10.8. The highest BCUT2D eigenvalue weighted by atomic mass is 32.1. The minimum Gasteiger partial charge on any atom is -0.482 e. The molecule has 1 amide bonds. The highest BCUT2D eigenvalue weighted by molar-refractivity contribution is 7.07. The van der Waals surface area contributed by atoms with Gasteiger partial charge in [-0.1, -0.05) is 26.0 Å². The zero-order chi connectivity index (χ0) is 19.4. The van der Waals surface area contributed by atoms with Gasteiger partial charge in [0.05, 0.1) is 17.9 Å². The molecule has 1 aromatic heterocycles. The van der Waals surface area contributed by atoms with E-state index in [1.54, 1.807) is 0 Å². The average Bonchev–Trinajstić information content (AvgIpc) is 3.02. The first kappa shape index (κ1) is 19.1. The van der Waals surface area contributed by atoms with Crippen molar-refractivity contribution >= 4 is 29.1 Å². The van der Waals surface area contributed by atoms with Gasteiger partial charge in [0.25, 0.3) is 5.91 Å². The van der Waals surface area contributed by atoms with Crippen molar-refractivity contribution in [2.24, 2.45) is 16.0 Å². The highest BCUT2D eigenvalue weighted by Gasteiger charge is 2.17. The number of nitrogens with zero attached hydrogens (tertiary/aromatic N) is 3. The van der Waals surface area contributed by atoms with E-state index in [2.05, 4.69) is 35.8 Å². The number of carbonyl (C=O) groups is 1. The van der Waals surface area contributed by atoms with Crippen LogP contribution >= 0.6 is 11.3 Å². The fourth-order valence-corrected chi connectivity index (χ4v) is 3.34. The number of hydrogen-bond acceptors (Lipinski definition) is 5. The predicted octanol–water partition coefficient (Wildman–Crippen LogP) is 3.90. The summed E-state index contributed by atoms with van der Waals surface area (Å²) in [6, 6.07) is 5.75. The quantitative estimate of drug-likeness (QED) is 0.606. The number of nitrogens with one attached hydrogen (secondary N) is 1. The average molecular weight is 385 g/mol. The molecule has 0 spiro atoms. The minimum atomic E-state index is -0.148. The van der Waals surface area contributed by atoms with Crippen LogP contribution < -0.4 is 14.9 Å². The molecule has 1 aromatic carbocycles. The number of anilines is 1. The summed E-state index contributed by atoms with van der Waals surface area (Å²) >= 11 is 1.53. The third kappa shape index (κ3) is 4.74. The molecule has 1 N–H and O–H groups in total. The zero-order valence-electron chi connectivity index (χ0n) is 15.9. The Hall–Kier alpha value is -2.67. The van der Waals surface area contributed by atoms with Crippen LogP contribution in [0.3, 0.4) is 0 Å². The normalized spacial score (nSPS) is 14.4. The van der Waals surface area contributed by atoms with Crippen LogP contribution in [-0.2, 0) is 4.79 Å². The molecule has 0 saturated carbocycles. The molecule has 3 rings (SSSR count). The summed E-state index contributed by atoms with van der Waals surface area (Å²) < 4.78 is 7.29. The fourth-order valence-electron chi connectivity index (χ4n) is 2.50. The van der Waals surface area contributed by atoms with Crippen LogP contribution in [0.15, 0.2) is 45.8 Å². The summed E-state index contributed by atoms with van der Waals surface area (Å²) in [5.41, 5.74) is 3.53. The summed E-state index contributed by atoms with van der Waals surface area (Å²) in [5.74, 6) is 1.06. The first-order valence-corrected chi connectivity index (χ1v) is 9.77. The molecule has 1 aliphatic heterocycles. The van der Waals surface area contributed by atoms with E-state index in [0.29, 0.717) is 23.9 Å². The van der Waals surface area contributed by atoms with E-state index in [1.165, 1.54) is 11.3 Å². The Balaban J connectivity index is 2.03. The molecule has 7 heteroatoms. The second-order valence-electron chi connectivity index (χ2n) is 6.96. The van der Waals surface area contributed by atoms with Gasteiger partial charge in [0.1, 0.15) is 5.75 Å². The van der Waals surface area contributed by atoms with Gasteiger partial charge in [-0.05, 0) is 37.5 Å². The Morgan fingerprint density at radius 1 is 1.48 bits per heavy atom. The lowest BCUT2D eigenvalue weighted by Crippen LogP contribution is -2.25. The van der Waals surface area contributed by atoms with Gasteiger partial charge in [-0.3, -0.25) is 9.79 Å². The zero-order valence-corrected chi connectivity index (χ0v) is 16.7. The van der Waals surface area contributed by atoms with Crippen molar-refractivity contribution in [2.45, 2.75) is 27.2 Å². The smallest absolute Gasteiger partial charge is 0.262 e. The number of thiazole rings is 1. The summed E-state index contributed by atoms with van der Waals surface area (Å²) in [6.07, 6.45) is 2.81. The second-order valence-corrected chi connectivity index (χ2v) is 7.80. The number of benzene rings is 1. The summed E-state index contributed by atoms with van der Waals surface area (Å²) in [4.78, 5) is 17.0. The number of hydrogen-bond donors (Lipinski definition) is 1. The number of ether oxygens (including phenoxy) is 1. The van der Waals surface area contributed by atoms with Gasteiger partial charge in [0.15, 0.2) is 6.61 Å². The predicted molar refractivity (Wildman–Crippen MR) is 110 cm³/mol. The molecule has 2 aromatic rings. The Bertz CT molecular complexity index is 953. The lowest BCUT2D eigenvalue weighted by molar-refractivity contribution is -0.118. The number of fused-ring (bicyclic) bond motifs is 1. The van der Waals surface area contributed by atoms with Crippen LogP contribution in [0.5, 0.6) is 5.75 Å². The van der Waals surface area contributed by atoms with E-state index < -0.39 is 0 Å². The van der Waals surface area contributed by atoms with Crippen molar-refractivity contribution < 1.29 is 9.53 Å². The molecular weight excluding hydrogens is 360 g/mol. The third-order valence-electron chi connectivity index (χ3n) is 3.85. The molecule has 6 nitrogen and oxygen atoms in total. The van der Waals surface area contributed by atoms with Crippen LogP contribution in [0.25, 0.3) is 11.3 Å². The van der Waals surface area contributed by atoms with E-state index in [1.807, 2.05) is 41.4 Å². The van der Waals surface area contributed by atoms with Crippen molar-refractivity contribution in [3.8, 4) is 17.0 Å². The van der Waals surface area contributed by atoms with Gasteiger partial charge < -0.3 is 10.1 Å². The molecule has 27 heavy (non-hydrogen) atoms. The number of rotatable bonds is 6. The Morgan fingerprint density at radius 3 is 3.04 bits per heavy atom. The van der Waals surface area contributed by atoms with Crippen LogP contribution in [0.2, 0.25) is 0 Å². The number of carbonyl (C=O) groups excluding carboxylic acids is 1. The Kier molecular flexibility index (Phi) is 5.91. The van der Waals surface area contributed by atoms with Gasteiger partial charge in [-0.15, -0.1) is 11.3 Å². The van der Waals surface area contributed by atoms with Crippen LogP contribution in [0, 0.1) is 5.92 Å². The summed E-state index contributed by atoms with van der Waals surface area (Å²) in [5, 5.41) is 9.52. The van der Waals surface area contributed by atoms with E-state index in [9.17, 15) is 4.79 Å². The van der Waals surface area contributed by atoms with Gasteiger partial charge in [0.2, 0.25) is 4.80 Å². The maximum Gasteiger partial charge on any atom is 0.262 e. The molecule has 0 aliphatic carbocycles. The van der Waals surface area contributed by atoms with Gasteiger partial charge in [-0.2, -0.15) is 5.10 Å². The molecule has 0 fully saturated rings. The van der Waals surface area contributed by atoms with Crippen molar-refractivity contribution in [3.63, 3.8) is 0 Å². The topological polar surface area (TPSA) is 68.0 Å². The van der Waals surface area contributed by atoms with Crippen molar-refractivity contribution in [3.05, 3.63) is 40.5 Å². The molecule has 0 saturated heterocycles. The van der Waals surface area contributed by atoms with E-state index in [0.717, 1.165) is 28.1 Å². The van der Waals surface area contributed by atoms with E-state index in [-0.39, 0.29) is 12.5 Å². The molecule has 0 atom stereocenters. The molecule has 1 aliphatic rings. The van der Waals surface area contributed by atoms with Gasteiger partial charge in [0, 0.05) is 17.2 Å². The number of aromatic nitrogens is 1. The van der Waals surface area contributed by atoms with Gasteiger partial charge in [-0.25, -0.2) is 4.68 Å². The molecule has 0 unspecified atom stereocenters. The maximum absolute atomic E-state index is 11.6. The van der Waals surface area contributed by atoms with Crippen LogP contribution in [0.4, 0.5) is 5.69 Å². The van der Waals surface area contributed by atoms with E-state index in [4.69, 9.17) is 4.74 Å². The van der Waals surface area contributed by atoms with Crippen molar-refractivity contribution in [1.82, 2.24) is 4.68 Å².